The third-order valence-corrected chi connectivity index (χ3v) is 5.69. The van der Waals surface area contributed by atoms with Gasteiger partial charge in [0.1, 0.15) is 17.3 Å². The summed E-state index contributed by atoms with van der Waals surface area (Å²) in [5, 5.41) is 0.131. The zero-order valence-corrected chi connectivity index (χ0v) is 13.7. The number of hydrogen-bond donors (Lipinski definition) is 1. The Hall–Kier alpha value is -1.95. The van der Waals surface area contributed by atoms with E-state index in [1.165, 1.54) is 6.07 Å². The van der Waals surface area contributed by atoms with Crippen LogP contribution in [0, 0.1) is 17.0 Å². The zero-order chi connectivity index (χ0) is 16.9. The molecular formula is C18H21F2N3O. The number of carbonyl (C=O) groups excluding carboxylic acids is 1. The van der Waals surface area contributed by atoms with Crippen LogP contribution < -0.4 is 0 Å². The van der Waals surface area contributed by atoms with E-state index in [1.54, 1.807) is 0 Å². The first-order valence-electron chi connectivity index (χ1n) is 8.42. The van der Waals surface area contributed by atoms with Gasteiger partial charge in [-0.3, -0.25) is 4.79 Å². The van der Waals surface area contributed by atoms with Crippen LogP contribution in [-0.2, 0) is 0 Å². The lowest BCUT2D eigenvalue weighted by molar-refractivity contribution is 0.0732. The van der Waals surface area contributed by atoms with E-state index in [1.807, 2.05) is 4.90 Å². The second kappa shape index (κ2) is 5.55. The molecule has 4 rings (SSSR count). The molecule has 2 saturated heterocycles. The van der Waals surface area contributed by atoms with Crippen molar-refractivity contribution in [2.24, 2.45) is 5.41 Å². The molecule has 0 atom stereocenters. The molecule has 1 spiro atoms. The molecule has 24 heavy (non-hydrogen) atoms. The van der Waals surface area contributed by atoms with E-state index < -0.39 is 11.6 Å². The standard InChI is InChI=1S/C18H21F2N3O/c1-22-7-4-18(5-8-22)6-9-23(11-18)17(24)15-10-12-13(19)2-3-14(20)16(12)21-15/h2-3,10,21H,4-9,11H2,1H3. The van der Waals surface area contributed by atoms with Crippen LogP contribution in [0.1, 0.15) is 29.8 Å². The number of benzene rings is 1. The lowest BCUT2D eigenvalue weighted by Gasteiger charge is -2.37. The molecule has 1 amide bonds. The molecule has 4 nitrogen and oxygen atoms in total. The summed E-state index contributed by atoms with van der Waals surface area (Å²) < 4.78 is 27.6. The van der Waals surface area contributed by atoms with Crippen molar-refractivity contribution in [3.8, 4) is 0 Å². The summed E-state index contributed by atoms with van der Waals surface area (Å²) >= 11 is 0. The number of aromatic nitrogens is 1. The Morgan fingerprint density at radius 3 is 2.50 bits per heavy atom. The van der Waals surface area contributed by atoms with Gasteiger partial charge in [-0.05, 0) is 63.0 Å². The highest BCUT2D eigenvalue weighted by Crippen LogP contribution is 2.40. The van der Waals surface area contributed by atoms with Gasteiger partial charge < -0.3 is 14.8 Å². The SMILES string of the molecule is CN1CCC2(CC1)CCN(C(=O)c1cc3c(F)ccc(F)c3[nH]1)C2. The van der Waals surface area contributed by atoms with Crippen molar-refractivity contribution in [1.29, 1.82) is 0 Å². The number of halogens is 2. The predicted octanol–water partition coefficient (Wildman–Crippen LogP) is 3.00. The lowest BCUT2D eigenvalue weighted by atomic mass is 9.78. The van der Waals surface area contributed by atoms with Gasteiger partial charge in [0, 0.05) is 18.5 Å². The molecular weight excluding hydrogens is 312 g/mol. The molecule has 1 aromatic carbocycles. The van der Waals surface area contributed by atoms with Crippen LogP contribution in [0.4, 0.5) is 8.78 Å². The van der Waals surface area contributed by atoms with E-state index in [4.69, 9.17) is 0 Å². The molecule has 0 radical (unpaired) electrons. The Kier molecular flexibility index (Phi) is 3.60. The highest BCUT2D eigenvalue weighted by Gasteiger charge is 2.41. The minimum Gasteiger partial charge on any atom is -0.348 e. The van der Waals surface area contributed by atoms with Crippen LogP contribution >= 0.6 is 0 Å². The first-order valence-corrected chi connectivity index (χ1v) is 8.42. The number of fused-ring (bicyclic) bond motifs is 1. The molecule has 128 valence electrons. The first kappa shape index (κ1) is 15.6. The van der Waals surface area contributed by atoms with Gasteiger partial charge in [0.15, 0.2) is 0 Å². The molecule has 0 aliphatic carbocycles. The second-order valence-electron chi connectivity index (χ2n) is 7.28. The maximum atomic E-state index is 13.8. The van der Waals surface area contributed by atoms with Crippen LogP contribution in [0.15, 0.2) is 18.2 Å². The fourth-order valence-corrected chi connectivity index (χ4v) is 4.05. The van der Waals surface area contributed by atoms with E-state index in [-0.39, 0.29) is 27.9 Å². The number of nitrogens with zero attached hydrogens (tertiary/aromatic N) is 2. The number of nitrogens with one attached hydrogen (secondary N) is 1. The van der Waals surface area contributed by atoms with Crippen molar-refractivity contribution < 1.29 is 13.6 Å². The van der Waals surface area contributed by atoms with Gasteiger partial charge in [-0.1, -0.05) is 0 Å². The molecule has 2 aliphatic heterocycles. The third kappa shape index (κ3) is 2.49. The maximum Gasteiger partial charge on any atom is 0.270 e. The van der Waals surface area contributed by atoms with Gasteiger partial charge in [0.25, 0.3) is 5.91 Å². The van der Waals surface area contributed by atoms with E-state index in [0.717, 1.165) is 51.0 Å². The number of aromatic amines is 1. The van der Waals surface area contributed by atoms with E-state index in [0.29, 0.717) is 6.54 Å². The molecule has 0 saturated carbocycles. The molecule has 6 heteroatoms. The fraction of sp³-hybridized carbons (Fsp3) is 0.500. The Bertz CT molecular complexity index is 754. The summed E-state index contributed by atoms with van der Waals surface area (Å²) in [7, 11) is 2.12. The largest absolute Gasteiger partial charge is 0.348 e. The zero-order valence-electron chi connectivity index (χ0n) is 13.7. The number of amides is 1. The number of carbonyl (C=O) groups is 1. The number of hydrogen-bond acceptors (Lipinski definition) is 2. The Balaban J connectivity index is 1.57. The predicted molar refractivity (Wildman–Crippen MR) is 87.9 cm³/mol. The first-order chi connectivity index (χ1) is 11.5. The highest BCUT2D eigenvalue weighted by atomic mass is 19.1. The summed E-state index contributed by atoms with van der Waals surface area (Å²) in [6.07, 6.45) is 3.21. The van der Waals surface area contributed by atoms with E-state index in [2.05, 4.69) is 16.9 Å². The Morgan fingerprint density at radius 2 is 1.79 bits per heavy atom. The quantitative estimate of drug-likeness (QED) is 0.871. The van der Waals surface area contributed by atoms with Gasteiger partial charge in [-0.25, -0.2) is 8.78 Å². The van der Waals surface area contributed by atoms with Crippen LogP contribution in [0.25, 0.3) is 10.9 Å². The topological polar surface area (TPSA) is 39.3 Å². The molecule has 2 aliphatic rings. The van der Waals surface area contributed by atoms with Gasteiger partial charge >= 0.3 is 0 Å². The van der Waals surface area contributed by atoms with Crippen molar-refractivity contribution in [3.63, 3.8) is 0 Å². The minimum atomic E-state index is -0.543. The summed E-state index contributed by atoms with van der Waals surface area (Å²) in [4.78, 5) is 19.7. The fourth-order valence-electron chi connectivity index (χ4n) is 4.05. The number of piperidine rings is 1. The number of H-pyrrole nitrogens is 1. The van der Waals surface area contributed by atoms with Crippen molar-refractivity contribution in [2.45, 2.75) is 19.3 Å². The van der Waals surface area contributed by atoms with E-state index in [9.17, 15) is 13.6 Å². The lowest BCUT2D eigenvalue weighted by Crippen LogP contribution is -2.40. The summed E-state index contributed by atoms with van der Waals surface area (Å²) in [6, 6.07) is 3.59. The third-order valence-electron chi connectivity index (χ3n) is 5.69. The molecule has 2 aromatic rings. The van der Waals surface area contributed by atoms with E-state index >= 15 is 0 Å². The average molecular weight is 333 g/mol. The Labute approximate surface area is 139 Å². The summed E-state index contributed by atoms with van der Waals surface area (Å²) in [5.74, 6) is -1.23. The van der Waals surface area contributed by atoms with Crippen LogP contribution in [0.5, 0.6) is 0 Å². The average Bonchev–Trinajstić information content (AvgIpc) is 3.20. The molecule has 0 unspecified atom stereocenters. The van der Waals surface area contributed by atoms with Crippen LogP contribution in [0.2, 0.25) is 0 Å². The van der Waals surface area contributed by atoms with Crippen LogP contribution in [0.3, 0.4) is 0 Å². The summed E-state index contributed by atoms with van der Waals surface area (Å²) in [6.45, 7) is 3.57. The summed E-state index contributed by atoms with van der Waals surface area (Å²) in [5.41, 5.74) is 0.538. The normalized spacial score (nSPS) is 21.0. The number of rotatable bonds is 1. The molecule has 1 aromatic heterocycles. The van der Waals surface area contributed by atoms with Gasteiger partial charge in [-0.15, -0.1) is 0 Å². The molecule has 0 bridgehead atoms. The molecule has 3 heterocycles. The van der Waals surface area contributed by atoms with Gasteiger partial charge in [0.2, 0.25) is 0 Å². The molecule has 2 fully saturated rings. The van der Waals surface area contributed by atoms with Crippen molar-refractivity contribution in [1.82, 2.24) is 14.8 Å². The second-order valence-corrected chi connectivity index (χ2v) is 7.28. The van der Waals surface area contributed by atoms with Gasteiger partial charge in [-0.2, -0.15) is 0 Å². The number of likely N-dealkylation sites (tertiary alicyclic amines) is 2. The van der Waals surface area contributed by atoms with Crippen molar-refractivity contribution in [3.05, 3.63) is 35.5 Å². The van der Waals surface area contributed by atoms with Crippen molar-refractivity contribution in [2.75, 3.05) is 33.2 Å². The minimum absolute atomic E-state index is 0.0616. The van der Waals surface area contributed by atoms with Gasteiger partial charge in [0.05, 0.1) is 5.52 Å². The highest BCUT2D eigenvalue weighted by molar-refractivity contribution is 5.98. The monoisotopic (exact) mass is 333 g/mol. The smallest absolute Gasteiger partial charge is 0.270 e. The van der Waals surface area contributed by atoms with Crippen LogP contribution in [-0.4, -0.2) is 53.9 Å². The maximum absolute atomic E-state index is 13.8. The molecule has 1 N–H and O–H groups in total. The van der Waals surface area contributed by atoms with Crippen molar-refractivity contribution >= 4 is 16.8 Å². The Morgan fingerprint density at radius 1 is 1.12 bits per heavy atom.